The van der Waals surface area contributed by atoms with Crippen molar-refractivity contribution in [3.63, 3.8) is 0 Å². The second-order valence-corrected chi connectivity index (χ2v) is 7.87. The van der Waals surface area contributed by atoms with Gasteiger partial charge in [-0.25, -0.2) is 0 Å². The van der Waals surface area contributed by atoms with Gasteiger partial charge in [0.05, 0.1) is 13.2 Å². The molecule has 0 aliphatic carbocycles. The minimum atomic E-state index is -0.0590. The lowest BCUT2D eigenvalue weighted by atomic mass is 10.1. The van der Waals surface area contributed by atoms with Crippen molar-refractivity contribution in [3.8, 4) is 0 Å². The molecule has 1 atom stereocenters. The summed E-state index contributed by atoms with van der Waals surface area (Å²) < 4.78 is 5.95. The van der Waals surface area contributed by atoms with Gasteiger partial charge < -0.3 is 20.3 Å². The molecule has 1 amide bonds. The number of aliphatic imine (C=N–C) groups is 1. The van der Waals surface area contributed by atoms with E-state index in [1.807, 2.05) is 42.5 Å². The first kappa shape index (κ1) is 26.1. The van der Waals surface area contributed by atoms with Crippen LogP contribution in [0.5, 0.6) is 0 Å². The van der Waals surface area contributed by atoms with Gasteiger partial charge in [-0.1, -0.05) is 42.5 Å². The maximum absolute atomic E-state index is 11.8. The second-order valence-electron chi connectivity index (χ2n) is 7.87. The van der Waals surface area contributed by atoms with Crippen molar-refractivity contribution in [1.82, 2.24) is 15.5 Å². The third-order valence-corrected chi connectivity index (χ3v) is 5.46. The highest BCUT2D eigenvalue weighted by molar-refractivity contribution is 14.0. The van der Waals surface area contributed by atoms with Crippen molar-refractivity contribution < 1.29 is 9.53 Å². The summed E-state index contributed by atoms with van der Waals surface area (Å²) in [4.78, 5) is 19.0. The zero-order chi connectivity index (χ0) is 21.9. The summed E-state index contributed by atoms with van der Waals surface area (Å²) in [6, 6.07) is 18.1. The predicted octanol–water partition coefficient (Wildman–Crippen LogP) is 3.71. The molecule has 2 aromatic carbocycles. The average molecular weight is 550 g/mol. The van der Waals surface area contributed by atoms with Crippen molar-refractivity contribution in [2.45, 2.75) is 26.4 Å². The molecule has 174 valence electrons. The quantitative estimate of drug-likeness (QED) is 0.284. The number of likely N-dealkylation sites (tertiary alicyclic amines) is 1. The van der Waals surface area contributed by atoms with Gasteiger partial charge in [-0.15, -0.1) is 24.0 Å². The number of hydrogen-bond acceptors (Lipinski definition) is 3. The summed E-state index contributed by atoms with van der Waals surface area (Å²) in [5.74, 6) is 1.43. The van der Waals surface area contributed by atoms with Gasteiger partial charge in [0.15, 0.2) is 5.96 Å². The molecule has 1 aliphatic heterocycles. The summed E-state index contributed by atoms with van der Waals surface area (Å²) in [6.45, 7) is 7.03. The van der Waals surface area contributed by atoms with E-state index >= 15 is 0 Å². The summed E-state index contributed by atoms with van der Waals surface area (Å²) in [6.07, 6.45) is 1.92. The second kappa shape index (κ2) is 14.1. The molecular formula is C25H35IN4O2. The van der Waals surface area contributed by atoms with E-state index in [1.54, 1.807) is 7.05 Å². The molecule has 32 heavy (non-hydrogen) atoms. The fourth-order valence-electron chi connectivity index (χ4n) is 3.81. The Kier molecular flexibility index (Phi) is 11.5. The third kappa shape index (κ3) is 8.09. The van der Waals surface area contributed by atoms with Crippen LogP contribution in [0.1, 0.15) is 34.8 Å². The Balaban J connectivity index is 0.00000363. The SMILES string of the molecule is CCNC(=NCCc1cccc(C(=O)NC)c1)N1CCC(COCc2ccccc2)C1.I. The van der Waals surface area contributed by atoms with Crippen LogP contribution in [0.15, 0.2) is 59.6 Å². The molecule has 0 spiro atoms. The number of carbonyl (C=O) groups is 1. The van der Waals surface area contributed by atoms with Crippen LogP contribution >= 0.6 is 24.0 Å². The number of ether oxygens (including phenoxy) is 1. The monoisotopic (exact) mass is 550 g/mol. The molecule has 0 saturated carbocycles. The number of hydrogen-bond donors (Lipinski definition) is 2. The summed E-state index contributed by atoms with van der Waals surface area (Å²) in [5, 5.41) is 6.09. The van der Waals surface area contributed by atoms with Crippen molar-refractivity contribution >= 4 is 35.8 Å². The summed E-state index contributed by atoms with van der Waals surface area (Å²) >= 11 is 0. The Hall–Kier alpha value is -2.13. The molecule has 2 N–H and O–H groups in total. The fraction of sp³-hybridized carbons (Fsp3) is 0.440. The number of rotatable bonds is 9. The van der Waals surface area contributed by atoms with Crippen molar-refractivity contribution in [3.05, 3.63) is 71.3 Å². The highest BCUT2D eigenvalue weighted by Crippen LogP contribution is 2.17. The topological polar surface area (TPSA) is 66.0 Å². The van der Waals surface area contributed by atoms with Gasteiger partial charge in [0.1, 0.15) is 0 Å². The van der Waals surface area contributed by atoms with Crippen LogP contribution in [-0.4, -0.2) is 56.6 Å². The molecule has 1 saturated heterocycles. The normalized spacial score (nSPS) is 15.9. The van der Waals surface area contributed by atoms with Crippen LogP contribution in [0.25, 0.3) is 0 Å². The largest absolute Gasteiger partial charge is 0.376 e. The fourth-order valence-corrected chi connectivity index (χ4v) is 3.81. The Morgan fingerprint density at radius 2 is 1.94 bits per heavy atom. The Morgan fingerprint density at radius 3 is 2.69 bits per heavy atom. The molecule has 2 aromatic rings. The van der Waals surface area contributed by atoms with Crippen LogP contribution in [0.3, 0.4) is 0 Å². The van der Waals surface area contributed by atoms with E-state index < -0.39 is 0 Å². The molecule has 3 rings (SSSR count). The lowest BCUT2D eigenvalue weighted by molar-refractivity contribution is 0.0906. The number of amides is 1. The van der Waals surface area contributed by atoms with E-state index in [2.05, 4.69) is 34.6 Å². The molecule has 1 unspecified atom stereocenters. The van der Waals surface area contributed by atoms with E-state index in [1.165, 1.54) is 5.56 Å². The van der Waals surface area contributed by atoms with E-state index in [0.717, 1.165) is 50.6 Å². The number of carbonyl (C=O) groups excluding carboxylic acids is 1. The molecule has 0 bridgehead atoms. The summed E-state index contributed by atoms with van der Waals surface area (Å²) in [5.41, 5.74) is 3.02. The standard InChI is InChI=1S/C25H34N4O2.HI/c1-3-27-25(28-14-12-20-10-7-11-23(16-20)24(30)26-2)29-15-13-22(17-29)19-31-18-21-8-5-4-6-9-21;/h4-11,16,22H,3,12-15,17-19H2,1-2H3,(H,26,30)(H,27,28);1H. The highest BCUT2D eigenvalue weighted by atomic mass is 127. The van der Waals surface area contributed by atoms with Gasteiger partial charge in [0.25, 0.3) is 5.91 Å². The third-order valence-electron chi connectivity index (χ3n) is 5.46. The zero-order valence-corrected chi connectivity index (χ0v) is 21.4. The van der Waals surface area contributed by atoms with Gasteiger partial charge in [-0.05, 0) is 43.0 Å². The van der Waals surface area contributed by atoms with Crippen LogP contribution in [0.2, 0.25) is 0 Å². The molecule has 1 fully saturated rings. The van der Waals surface area contributed by atoms with Crippen LogP contribution in [-0.2, 0) is 17.8 Å². The van der Waals surface area contributed by atoms with Gasteiger partial charge in [-0.3, -0.25) is 9.79 Å². The summed E-state index contributed by atoms with van der Waals surface area (Å²) in [7, 11) is 1.65. The lowest BCUT2D eigenvalue weighted by Crippen LogP contribution is -2.40. The van der Waals surface area contributed by atoms with Crippen molar-refractivity contribution in [2.24, 2.45) is 10.9 Å². The average Bonchev–Trinajstić information content (AvgIpc) is 3.27. The number of halogens is 1. The van der Waals surface area contributed by atoms with Gasteiger partial charge in [0, 0.05) is 44.7 Å². The van der Waals surface area contributed by atoms with Gasteiger partial charge in [0.2, 0.25) is 0 Å². The Bertz CT molecular complexity index is 860. The molecular weight excluding hydrogens is 515 g/mol. The van der Waals surface area contributed by atoms with E-state index in [-0.39, 0.29) is 29.9 Å². The highest BCUT2D eigenvalue weighted by Gasteiger charge is 2.25. The first-order valence-electron chi connectivity index (χ1n) is 11.2. The maximum atomic E-state index is 11.8. The molecule has 0 aromatic heterocycles. The zero-order valence-electron chi connectivity index (χ0n) is 19.0. The van der Waals surface area contributed by atoms with E-state index in [4.69, 9.17) is 9.73 Å². The van der Waals surface area contributed by atoms with Crippen LogP contribution < -0.4 is 10.6 Å². The molecule has 0 radical (unpaired) electrons. The lowest BCUT2D eigenvalue weighted by Gasteiger charge is -2.21. The molecule has 7 heteroatoms. The molecule has 1 heterocycles. The Labute approximate surface area is 208 Å². The Morgan fingerprint density at radius 1 is 1.16 bits per heavy atom. The van der Waals surface area contributed by atoms with E-state index in [9.17, 15) is 4.79 Å². The van der Waals surface area contributed by atoms with Gasteiger partial charge >= 0.3 is 0 Å². The minimum absolute atomic E-state index is 0. The first-order chi connectivity index (χ1) is 15.2. The molecule has 6 nitrogen and oxygen atoms in total. The van der Waals surface area contributed by atoms with Gasteiger partial charge in [-0.2, -0.15) is 0 Å². The molecule has 1 aliphatic rings. The number of guanidine groups is 1. The minimum Gasteiger partial charge on any atom is -0.376 e. The first-order valence-corrected chi connectivity index (χ1v) is 11.2. The predicted molar refractivity (Wildman–Crippen MR) is 141 cm³/mol. The number of nitrogens with zero attached hydrogens (tertiary/aromatic N) is 2. The number of nitrogens with one attached hydrogen (secondary N) is 2. The maximum Gasteiger partial charge on any atom is 0.251 e. The van der Waals surface area contributed by atoms with Crippen molar-refractivity contribution in [2.75, 3.05) is 39.8 Å². The smallest absolute Gasteiger partial charge is 0.251 e. The van der Waals surface area contributed by atoms with E-state index in [0.29, 0.717) is 24.6 Å². The van der Waals surface area contributed by atoms with Crippen LogP contribution in [0, 0.1) is 5.92 Å². The van der Waals surface area contributed by atoms with Crippen molar-refractivity contribution in [1.29, 1.82) is 0 Å². The van der Waals surface area contributed by atoms with Crippen LogP contribution in [0.4, 0.5) is 0 Å². The number of benzene rings is 2.